The molecule has 1 saturated heterocycles. The first kappa shape index (κ1) is 17.3. The Labute approximate surface area is 141 Å². The molecule has 0 saturated carbocycles. The van der Waals surface area contributed by atoms with Crippen molar-refractivity contribution in [1.82, 2.24) is 10.2 Å². The summed E-state index contributed by atoms with van der Waals surface area (Å²) in [4.78, 5) is 14.6. The number of para-hydroxylation sites is 1. The maximum absolute atomic E-state index is 12.5. The third-order valence-corrected chi connectivity index (χ3v) is 4.60. The molecule has 122 valence electrons. The van der Waals surface area contributed by atoms with Gasteiger partial charge in [0.15, 0.2) is 0 Å². The lowest BCUT2D eigenvalue weighted by atomic mass is 10.0. The number of ether oxygens (including phenoxy) is 1. The van der Waals surface area contributed by atoms with Gasteiger partial charge in [-0.1, -0.05) is 19.1 Å². The summed E-state index contributed by atoms with van der Waals surface area (Å²) >= 11 is 3.45. The zero-order valence-electron chi connectivity index (χ0n) is 13.2. The summed E-state index contributed by atoms with van der Waals surface area (Å²) in [5.41, 5.74) is 0. The Bertz CT molecular complexity index is 475. The molecule has 0 aromatic heterocycles. The molecule has 5 heteroatoms. The van der Waals surface area contributed by atoms with E-state index in [9.17, 15) is 4.79 Å². The van der Waals surface area contributed by atoms with Crippen LogP contribution in [0.4, 0.5) is 0 Å². The minimum atomic E-state index is 0.209. The molecule has 2 rings (SSSR count). The van der Waals surface area contributed by atoms with E-state index in [1.807, 2.05) is 24.3 Å². The van der Waals surface area contributed by atoms with Gasteiger partial charge in [-0.05, 0) is 60.4 Å². The minimum Gasteiger partial charge on any atom is -0.492 e. The SMILES string of the molecule is CCCN(C(=O)CCOc1ccccc1Br)C1CCNCC1. The number of halogens is 1. The third-order valence-electron chi connectivity index (χ3n) is 3.94. The molecule has 0 radical (unpaired) electrons. The molecule has 1 aromatic carbocycles. The first-order valence-electron chi connectivity index (χ1n) is 8.10. The molecule has 1 N–H and O–H groups in total. The van der Waals surface area contributed by atoms with E-state index in [0.29, 0.717) is 19.1 Å². The Balaban J connectivity index is 1.84. The molecule has 1 aliphatic rings. The molecular formula is C17H25BrN2O2. The van der Waals surface area contributed by atoms with Crippen molar-refractivity contribution in [3.63, 3.8) is 0 Å². The average Bonchev–Trinajstić information content (AvgIpc) is 2.55. The highest BCUT2D eigenvalue weighted by molar-refractivity contribution is 9.10. The van der Waals surface area contributed by atoms with Gasteiger partial charge >= 0.3 is 0 Å². The molecule has 22 heavy (non-hydrogen) atoms. The summed E-state index contributed by atoms with van der Waals surface area (Å²) in [6.07, 6.45) is 3.54. The van der Waals surface area contributed by atoms with Crippen LogP contribution in [-0.4, -0.2) is 43.1 Å². The highest BCUT2D eigenvalue weighted by Crippen LogP contribution is 2.24. The van der Waals surface area contributed by atoms with Crippen molar-refractivity contribution in [1.29, 1.82) is 0 Å². The first-order valence-corrected chi connectivity index (χ1v) is 8.89. The van der Waals surface area contributed by atoms with E-state index in [1.54, 1.807) is 0 Å². The number of piperidine rings is 1. The van der Waals surface area contributed by atoms with E-state index < -0.39 is 0 Å². The van der Waals surface area contributed by atoms with Crippen LogP contribution >= 0.6 is 15.9 Å². The standard InChI is InChI=1S/C17H25BrN2O2/c1-2-12-20(14-7-10-19-11-8-14)17(21)9-13-22-16-6-4-3-5-15(16)18/h3-6,14,19H,2,7-13H2,1H3. The number of rotatable bonds is 7. The van der Waals surface area contributed by atoms with Gasteiger partial charge in [-0.15, -0.1) is 0 Å². The van der Waals surface area contributed by atoms with Gasteiger partial charge in [0.2, 0.25) is 5.91 Å². The van der Waals surface area contributed by atoms with Gasteiger partial charge in [0.25, 0.3) is 0 Å². The Morgan fingerprint density at radius 3 is 2.77 bits per heavy atom. The molecule has 4 nitrogen and oxygen atoms in total. The second-order valence-corrected chi connectivity index (χ2v) is 6.45. The second kappa shape index (κ2) is 9.16. The molecule has 1 heterocycles. The maximum atomic E-state index is 12.5. The maximum Gasteiger partial charge on any atom is 0.226 e. The third kappa shape index (κ3) is 4.99. The fourth-order valence-electron chi connectivity index (χ4n) is 2.82. The van der Waals surface area contributed by atoms with Gasteiger partial charge in [0, 0.05) is 12.6 Å². The van der Waals surface area contributed by atoms with Crippen molar-refractivity contribution < 1.29 is 9.53 Å². The molecule has 1 amide bonds. The molecule has 1 aromatic rings. The largest absolute Gasteiger partial charge is 0.492 e. The minimum absolute atomic E-state index is 0.209. The molecule has 0 unspecified atom stereocenters. The molecule has 0 spiro atoms. The summed E-state index contributed by atoms with van der Waals surface area (Å²) in [5.74, 6) is 1.00. The summed E-state index contributed by atoms with van der Waals surface area (Å²) in [5, 5.41) is 3.35. The van der Waals surface area contributed by atoms with Crippen molar-refractivity contribution in [2.75, 3.05) is 26.2 Å². The Morgan fingerprint density at radius 2 is 2.09 bits per heavy atom. The summed E-state index contributed by atoms with van der Waals surface area (Å²) in [7, 11) is 0. The quantitative estimate of drug-likeness (QED) is 0.803. The molecule has 1 aliphatic heterocycles. The lowest BCUT2D eigenvalue weighted by Gasteiger charge is -2.34. The van der Waals surface area contributed by atoms with Crippen LogP contribution in [0.3, 0.4) is 0 Å². The smallest absolute Gasteiger partial charge is 0.226 e. The lowest BCUT2D eigenvalue weighted by Crippen LogP contribution is -2.46. The summed E-state index contributed by atoms with van der Waals surface area (Å²) in [6, 6.07) is 8.11. The Morgan fingerprint density at radius 1 is 1.36 bits per heavy atom. The van der Waals surface area contributed by atoms with Crippen molar-refractivity contribution >= 4 is 21.8 Å². The number of nitrogens with one attached hydrogen (secondary N) is 1. The predicted molar refractivity (Wildman–Crippen MR) is 92.1 cm³/mol. The van der Waals surface area contributed by atoms with Crippen LogP contribution in [0.5, 0.6) is 5.75 Å². The number of carbonyl (C=O) groups excluding carboxylic acids is 1. The zero-order chi connectivity index (χ0) is 15.8. The Hall–Kier alpha value is -1.07. The zero-order valence-corrected chi connectivity index (χ0v) is 14.8. The second-order valence-electron chi connectivity index (χ2n) is 5.60. The molecule has 0 aliphatic carbocycles. The lowest BCUT2D eigenvalue weighted by molar-refractivity contribution is -0.134. The van der Waals surface area contributed by atoms with Crippen LogP contribution < -0.4 is 10.1 Å². The van der Waals surface area contributed by atoms with Crippen LogP contribution in [0.25, 0.3) is 0 Å². The molecule has 0 bridgehead atoms. The van der Waals surface area contributed by atoms with E-state index in [4.69, 9.17) is 4.74 Å². The molecular weight excluding hydrogens is 344 g/mol. The molecule has 0 atom stereocenters. The highest BCUT2D eigenvalue weighted by atomic mass is 79.9. The number of amides is 1. The Kier molecular flexibility index (Phi) is 7.19. The van der Waals surface area contributed by atoms with Crippen molar-refractivity contribution in [2.45, 2.75) is 38.6 Å². The van der Waals surface area contributed by atoms with Crippen LogP contribution in [0, 0.1) is 0 Å². The van der Waals surface area contributed by atoms with E-state index in [0.717, 1.165) is 49.1 Å². The number of carbonyl (C=O) groups is 1. The van der Waals surface area contributed by atoms with Crippen LogP contribution in [-0.2, 0) is 4.79 Å². The first-order chi connectivity index (χ1) is 10.7. The number of benzene rings is 1. The monoisotopic (exact) mass is 368 g/mol. The fourth-order valence-corrected chi connectivity index (χ4v) is 3.22. The predicted octanol–water partition coefficient (Wildman–Crippen LogP) is 3.21. The normalized spacial score (nSPS) is 15.5. The van der Waals surface area contributed by atoms with Gasteiger partial charge in [-0.2, -0.15) is 0 Å². The van der Waals surface area contributed by atoms with Gasteiger partial charge < -0.3 is 15.0 Å². The van der Waals surface area contributed by atoms with Gasteiger partial charge in [0.05, 0.1) is 17.5 Å². The number of hydrogen-bond acceptors (Lipinski definition) is 3. The van der Waals surface area contributed by atoms with Gasteiger partial charge in [0.1, 0.15) is 5.75 Å². The van der Waals surface area contributed by atoms with Gasteiger partial charge in [-0.3, -0.25) is 4.79 Å². The summed E-state index contributed by atoms with van der Waals surface area (Å²) < 4.78 is 6.64. The number of nitrogens with zero attached hydrogens (tertiary/aromatic N) is 1. The van der Waals surface area contributed by atoms with Crippen LogP contribution in [0.15, 0.2) is 28.7 Å². The van der Waals surface area contributed by atoms with Crippen molar-refractivity contribution in [3.8, 4) is 5.75 Å². The fraction of sp³-hybridized carbons (Fsp3) is 0.588. The topological polar surface area (TPSA) is 41.6 Å². The van der Waals surface area contributed by atoms with E-state index in [1.165, 1.54) is 0 Å². The highest BCUT2D eigenvalue weighted by Gasteiger charge is 2.24. The van der Waals surface area contributed by atoms with E-state index in [-0.39, 0.29) is 5.91 Å². The van der Waals surface area contributed by atoms with Crippen molar-refractivity contribution in [2.24, 2.45) is 0 Å². The van der Waals surface area contributed by atoms with Crippen LogP contribution in [0.2, 0.25) is 0 Å². The van der Waals surface area contributed by atoms with E-state index >= 15 is 0 Å². The van der Waals surface area contributed by atoms with Crippen molar-refractivity contribution in [3.05, 3.63) is 28.7 Å². The van der Waals surface area contributed by atoms with E-state index in [2.05, 4.69) is 33.1 Å². The number of hydrogen-bond donors (Lipinski definition) is 1. The van der Waals surface area contributed by atoms with Crippen LogP contribution in [0.1, 0.15) is 32.6 Å². The molecule has 1 fully saturated rings. The average molecular weight is 369 g/mol. The van der Waals surface area contributed by atoms with Gasteiger partial charge in [-0.25, -0.2) is 0 Å². The summed E-state index contributed by atoms with van der Waals surface area (Å²) in [6.45, 7) is 5.40.